The smallest absolute Gasteiger partial charge is 0.168 e. The first-order valence-corrected chi connectivity index (χ1v) is 4.90. The largest absolute Gasteiger partial charge is 0.280 e. The van der Waals surface area contributed by atoms with Crippen molar-refractivity contribution in [2.24, 2.45) is 5.14 Å². The Bertz CT molecular complexity index is 436. The lowest BCUT2D eigenvalue weighted by atomic mass is 10.6. The number of rotatable bonds is 1. The third kappa shape index (κ3) is 1.47. The van der Waals surface area contributed by atoms with Crippen molar-refractivity contribution < 1.29 is 9.11 Å². The minimum atomic E-state index is -3.26. The Labute approximate surface area is 74.7 Å². The molecule has 0 saturated carbocycles. The summed E-state index contributed by atoms with van der Waals surface area (Å²) < 4.78 is 19.7. The van der Waals surface area contributed by atoms with Crippen LogP contribution >= 0.6 is 10.8 Å². The average Bonchev–Trinajstić information content (AvgIpc) is 2.47. The van der Waals surface area contributed by atoms with Gasteiger partial charge in [0, 0.05) is 6.07 Å². The predicted octanol–water partition coefficient (Wildman–Crippen LogP) is 0.108. The Morgan fingerprint density at radius 1 is 1.38 bits per heavy atom. The summed E-state index contributed by atoms with van der Waals surface area (Å²) >= 11 is 0. The van der Waals surface area contributed by atoms with Gasteiger partial charge in [-0.3, -0.25) is 13.5 Å². The van der Waals surface area contributed by atoms with Crippen molar-refractivity contribution in [2.45, 2.75) is 5.03 Å². The van der Waals surface area contributed by atoms with Crippen LogP contribution in [-0.4, -0.2) is 28.7 Å². The van der Waals surface area contributed by atoms with Gasteiger partial charge in [-0.25, -0.2) is 10.1 Å². The molecule has 0 spiro atoms. The van der Waals surface area contributed by atoms with Gasteiger partial charge in [0.25, 0.3) is 0 Å². The number of aromatic nitrogens is 4. The molecule has 0 atom stereocenters. The Kier molecular flexibility index (Phi) is 1.70. The highest BCUT2D eigenvalue weighted by atomic mass is 32.3. The highest BCUT2D eigenvalue weighted by molar-refractivity contribution is 8.22. The molecular weight excluding hydrogens is 194 g/mol. The molecular formula is C5H7N5O2S. The maximum Gasteiger partial charge on any atom is 0.168 e. The second-order valence-corrected chi connectivity index (χ2v) is 4.02. The molecule has 0 aliphatic rings. The lowest BCUT2D eigenvalue weighted by Crippen LogP contribution is -2.10. The van der Waals surface area contributed by atoms with Crippen LogP contribution in [0, 0.1) is 0 Å². The highest BCUT2D eigenvalue weighted by Crippen LogP contribution is 2.37. The summed E-state index contributed by atoms with van der Waals surface area (Å²) in [7, 11) is -3.26. The fourth-order valence-corrected chi connectivity index (χ4v) is 1.36. The summed E-state index contributed by atoms with van der Waals surface area (Å²) in [5.41, 5.74) is 0.468. The van der Waals surface area contributed by atoms with Crippen LogP contribution in [0.4, 0.5) is 0 Å². The summed E-state index contributed by atoms with van der Waals surface area (Å²) in [5, 5.41) is 12.4. The van der Waals surface area contributed by atoms with Crippen LogP contribution in [0.5, 0.6) is 0 Å². The molecule has 0 amide bonds. The zero-order valence-corrected chi connectivity index (χ0v) is 7.22. The lowest BCUT2D eigenvalue weighted by Gasteiger charge is -2.24. The lowest BCUT2D eigenvalue weighted by molar-refractivity contribution is 0.484. The molecule has 0 aliphatic heterocycles. The van der Waals surface area contributed by atoms with Gasteiger partial charge in [0.05, 0.1) is 0 Å². The number of fused-ring (bicyclic) bond motifs is 1. The summed E-state index contributed by atoms with van der Waals surface area (Å²) in [6.07, 6.45) is 2.82. The van der Waals surface area contributed by atoms with Crippen LogP contribution in [0.3, 0.4) is 0 Å². The van der Waals surface area contributed by atoms with E-state index in [2.05, 4.69) is 15.2 Å². The Morgan fingerprint density at radius 3 is 2.85 bits per heavy atom. The topological polar surface area (TPSA) is 110 Å². The molecule has 2 heterocycles. The minimum absolute atomic E-state index is 0.00741. The SMILES string of the molecule is NS(O)(O)c1cc2nncn2cn1. The summed E-state index contributed by atoms with van der Waals surface area (Å²) in [6, 6.07) is 1.38. The van der Waals surface area contributed by atoms with E-state index in [1.807, 2.05) is 0 Å². The van der Waals surface area contributed by atoms with Crippen molar-refractivity contribution in [3.8, 4) is 0 Å². The third-order valence-electron chi connectivity index (χ3n) is 1.47. The van der Waals surface area contributed by atoms with Crippen LogP contribution in [0.2, 0.25) is 0 Å². The van der Waals surface area contributed by atoms with E-state index < -0.39 is 10.8 Å². The van der Waals surface area contributed by atoms with Gasteiger partial charge >= 0.3 is 0 Å². The standard InChI is InChI=1S/C5H7N5O2S/c6-13(11,12)5-1-4-9-8-3-10(4)2-7-5/h1-3,11-12H,6H2. The number of hydrogen-bond donors (Lipinski definition) is 3. The Morgan fingerprint density at radius 2 is 2.15 bits per heavy atom. The van der Waals surface area contributed by atoms with Crippen molar-refractivity contribution in [3.63, 3.8) is 0 Å². The molecule has 0 aromatic carbocycles. The van der Waals surface area contributed by atoms with Crippen LogP contribution in [0.25, 0.3) is 5.65 Å². The van der Waals surface area contributed by atoms with Crippen LogP contribution in [0.1, 0.15) is 0 Å². The second-order valence-electron chi connectivity index (χ2n) is 2.42. The fraction of sp³-hybridized carbons (Fsp3) is 0. The molecule has 7 nitrogen and oxygen atoms in total. The zero-order chi connectivity index (χ0) is 9.47. The molecule has 0 radical (unpaired) electrons. The number of nitrogens with two attached hydrogens (primary N) is 1. The normalized spacial score (nSPS) is 13.5. The third-order valence-corrected chi connectivity index (χ3v) is 2.31. The molecule has 0 unspecified atom stereocenters. The summed E-state index contributed by atoms with van der Waals surface area (Å²) in [5.74, 6) is 0. The van der Waals surface area contributed by atoms with Gasteiger partial charge in [0.1, 0.15) is 12.7 Å². The molecule has 2 aromatic heterocycles. The van der Waals surface area contributed by atoms with Crippen LogP contribution in [-0.2, 0) is 0 Å². The zero-order valence-electron chi connectivity index (χ0n) is 6.40. The van der Waals surface area contributed by atoms with E-state index in [1.54, 1.807) is 0 Å². The first-order chi connectivity index (χ1) is 6.07. The van der Waals surface area contributed by atoms with E-state index in [0.29, 0.717) is 5.65 Å². The highest BCUT2D eigenvalue weighted by Gasteiger charge is 2.11. The average molecular weight is 201 g/mol. The molecule has 4 N–H and O–H groups in total. The van der Waals surface area contributed by atoms with Crippen molar-refractivity contribution in [2.75, 3.05) is 0 Å². The number of nitrogens with zero attached hydrogens (tertiary/aromatic N) is 4. The molecule has 13 heavy (non-hydrogen) atoms. The van der Waals surface area contributed by atoms with E-state index in [1.165, 1.54) is 23.1 Å². The van der Waals surface area contributed by atoms with Crippen molar-refractivity contribution in [1.82, 2.24) is 19.6 Å². The van der Waals surface area contributed by atoms with E-state index in [-0.39, 0.29) is 5.03 Å². The second kappa shape index (κ2) is 2.64. The van der Waals surface area contributed by atoms with E-state index in [0.717, 1.165) is 0 Å². The first-order valence-electron chi connectivity index (χ1n) is 3.29. The first kappa shape index (κ1) is 8.38. The van der Waals surface area contributed by atoms with Gasteiger partial charge in [-0.15, -0.1) is 10.2 Å². The van der Waals surface area contributed by atoms with Gasteiger partial charge in [-0.1, -0.05) is 10.8 Å². The molecule has 8 heteroatoms. The van der Waals surface area contributed by atoms with E-state index in [4.69, 9.17) is 14.2 Å². The molecule has 0 saturated heterocycles. The molecule has 0 bridgehead atoms. The molecule has 0 aliphatic carbocycles. The number of hydrogen-bond acceptors (Lipinski definition) is 6. The van der Waals surface area contributed by atoms with Gasteiger partial charge in [0.2, 0.25) is 0 Å². The van der Waals surface area contributed by atoms with E-state index >= 15 is 0 Å². The van der Waals surface area contributed by atoms with Crippen molar-refractivity contribution in [3.05, 3.63) is 18.7 Å². The minimum Gasteiger partial charge on any atom is -0.280 e. The van der Waals surface area contributed by atoms with Gasteiger partial charge in [-0.2, -0.15) is 0 Å². The molecule has 2 rings (SSSR count). The maximum absolute atomic E-state index is 9.08. The van der Waals surface area contributed by atoms with Crippen molar-refractivity contribution >= 4 is 16.4 Å². The summed E-state index contributed by atoms with van der Waals surface area (Å²) in [6.45, 7) is 0. The van der Waals surface area contributed by atoms with Crippen LogP contribution in [0.15, 0.2) is 23.7 Å². The van der Waals surface area contributed by atoms with Crippen LogP contribution < -0.4 is 5.14 Å². The summed E-state index contributed by atoms with van der Waals surface area (Å²) in [4.78, 5) is 3.75. The molecule has 0 fully saturated rings. The monoisotopic (exact) mass is 201 g/mol. The van der Waals surface area contributed by atoms with E-state index in [9.17, 15) is 0 Å². The van der Waals surface area contributed by atoms with Gasteiger partial charge < -0.3 is 0 Å². The van der Waals surface area contributed by atoms with Gasteiger partial charge in [-0.05, 0) is 0 Å². The predicted molar refractivity (Wildman–Crippen MR) is 46.1 cm³/mol. The quantitative estimate of drug-likeness (QED) is 0.565. The molecule has 70 valence electrons. The van der Waals surface area contributed by atoms with Gasteiger partial charge in [0.15, 0.2) is 10.7 Å². The maximum atomic E-state index is 9.08. The molecule has 2 aromatic rings. The fourth-order valence-electron chi connectivity index (χ4n) is 0.875. The Hall–Kier alpha value is -1.22. The van der Waals surface area contributed by atoms with Crippen molar-refractivity contribution in [1.29, 1.82) is 0 Å². The Balaban J connectivity index is 2.61.